The number of rotatable bonds is 14. The molecule has 9 heteroatoms. The quantitative estimate of drug-likeness (QED) is 0.123. The van der Waals surface area contributed by atoms with Crippen LogP contribution in [0, 0.1) is 23.7 Å². The predicted molar refractivity (Wildman–Crippen MR) is 159 cm³/mol. The number of fused-ring (bicyclic) bond motifs is 5. The van der Waals surface area contributed by atoms with Crippen molar-refractivity contribution in [1.29, 1.82) is 0 Å². The monoisotopic (exact) mass is 599 g/mol. The third-order valence-electron chi connectivity index (χ3n) is 10.1. The first kappa shape index (κ1) is 31.8. The number of hydrogen-bond donors (Lipinski definition) is 0. The van der Waals surface area contributed by atoms with Gasteiger partial charge >= 0.3 is 17.9 Å². The highest BCUT2D eigenvalue weighted by atomic mass is 17.2. The van der Waals surface area contributed by atoms with E-state index in [-0.39, 0.29) is 42.8 Å². The summed E-state index contributed by atoms with van der Waals surface area (Å²) in [6.07, 6.45) is 10.1. The van der Waals surface area contributed by atoms with E-state index in [1.807, 2.05) is 12.1 Å². The van der Waals surface area contributed by atoms with Gasteiger partial charge in [-0.1, -0.05) is 31.9 Å². The molecule has 4 fully saturated rings. The Morgan fingerprint density at radius 3 is 2.49 bits per heavy atom. The fourth-order valence-electron chi connectivity index (χ4n) is 8.05. The topological polar surface area (TPSA) is 101 Å². The zero-order valence-electron chi connectivity index (χ0n) is 26.1. The minimum absolute atomic E-state index is 0.0611. The van der Waals surface area contributed by atoms with Crippen molar-refractivity contribution in [3.05, 3.63) is 29.3 Å². The second-order valence-corrected chi connectivity index (χ2v) is 13.1. The molecular formula is C34H49NO8. The van der Waals surface area contributed by atoms with E-state index in [2.05, 4.69) is 17.9 Å². The van der Waals surface area contributed by atoms with E-state index in [0.717, 1.165) is 95.8 Å². The van der Waals surface area contributed by atoms with E-state index in [4.69, 9.17) is 24.0 Å². The van der Waals surface area contributed by atoms with Crippen LogP contribution in [-0.4, -0.2) is 67.4 Å². The summed E-state index contributed by atoms with van der Waals surface area (Å²) < 4.78 is 17.6. The Labute approximate surface area is 255 Å². The molecule has 6 atom stereocenters. The molecule has 6 rings (SSSR count). The average molecular weight is 600 g/mol. The van der Waals surface area contributed by atoms with Gasteiger partial charge in [0.15, 0.2) is 6.61 Å². The second kappa shape index (κ2) is 14.9. The molecule has 0 aromatic heterocycles. The maximum atomic E-state index is 12.5. The third-order valence-corrected chi connectivity index (χ3v) is 10.1. The maximum absolute atomic E-state index is 12.5. The van der Waals surface area contributed by atoms with Gasteiger partial charge in [0.25, 0.3) is 0 Å². The summed E-state index contributed by atoms with van der Waals surface area (Å²) in [5.41, 5.74) is 2.33. The Morgan fingerprint density at radius 2 is 1.79 bits per heavy atom. The van der Waals surface area contributed by atoms with Crippen molar-refractivity contribution in [2.75, 3.05) is 26.2 Å². The Morgan fingerprint density at radius 1 is 0.977 bits per heavy atom. The van der Waals surface area contributed by atoms with Crippen molar-refractivity contribution < 1.29 is 38.4 Å². The Bertz CT molecular complexity index is 1120. The number of carbonyl (C=O) groups excluding carboxylic acids is 3. The van der Waals surface area contributed by atoms with Gasteiger partial charge in [-0.05, 0) is 112 Å². The maximum Gasteiger partial charge on any atom is 0.379 e. The highest BCUT2D eigenvalue weighted by Crippen LogP contribution is 2.49. The molecule has 0 radical (unpaired) electrons. The molecule has 238 valence electrons. The van der Waals surface area contributed by atoms with Gasteiger partial charge in [0.2, 0.25) is 0 Å². The summed E-state index contributed by atoms with van der Waals surface area (Å²) in [4.78, 5) is 49.4. The number of carbonyl (C=O) groups is 3. The van der Waals surface area contributed by atoms with Gasteiger partial charge in [-0.2, -0.15) is 4.89 Å². The van der Waals surface area contributed by atoms with Crippen molar-refractivity contribution in [3.8, 4) is 5.75 Å². The minimum atomic E-state index is -0.528. The first-order valence-corrected chi connectivity index (χ1v) is 16.5. The average Bonchev–Trinajstić information content (AvgIpc) is 3.31. The lowest BCUT2D eigenvalue weighted by molar-refractivity contribution is -0.318. The van der Waals surface area contributed by atoms with Crippen LogP contribution >= 0.6 is 0 Å². The lowest BCUT2D eigenvalue weighted by atomic mass is 9.73. The number of benzene rings is 1. The lowest BCUT2D eigenvalue weighted by Crippen LogP contribution is -2.51. The smallest absolute Gasteiger partial charge is 0.379 e. The minimum Gasteiger partial charge on any atom is -0.481 e. The molecule has 0 N–H and O–H groups in total. The normalized spacial score (nSPS) is 29.7. The molecule has 3 heterocycles. The molecule has 3 aliphatic heterocycles. The van der Waals surface area contributed by atoms with Gasteiger partial charge in [0, 0.05) is 20.4 Å². The van der Waals surface area contributed by atoms with Crippen molar-refractivity contribution in [2.45, 2.75) is 110 Å². The molecule has 1 aromatic carbocycles. The van der Waals surface area contributed by atoms with E-state index in [9.17, 15) is 14.4 Å². The van der Waals surface area contributed by atoms with Crippen molar-refractivity contribution in [1.82, 2.24) is 4.90 Å². The predicted octanol–water partition coefficient (Wildman–Crippen LogP) is 5.21. The zero-order valence-corrected chi connectivity index (χ0v) is 26.1. The summed E-state index contributed by atoms with van der Waals surface area (Å²) in [6.45, 7) is 7.91. The molecule has 1 saturated carbocycles. The fourth-order valence-corrected chi connectivity index (χ4v) is 8.05. The summed E-state index contributed by atoms with van der Waals surface area (Å²) in [5, 5.41) is 0. The van der Waals surface area contributed by atoms with E-state index in [1.54, 1.807) is 0 Å². The molecule has 0 amide bonds. The van der Waals surface area contributed by atoms with Gasteiger partial charge in [-0.3, -0.25) is 14.5 Å². The van der Waals surface area contributed by atoms with Crippen LogP contribution in [0.1, 0.15) is 89.7 Å². The van der Waals surface area contributed by atoms with Crippen LogP contribution in [0.25, 0.3) is 0 Å². The first-order chi connectivity index (χ1) is 20.8. The summed E-state index contributed by atoms with van der Waals surface area (Å²) >= 11 is 0. The van der Waals surface area contributed by atoms with E-state index in [1.165, 1.54) is 19.4 Å². The van der Waals surface area contributed by atoms with Crippen LogP contribution in [0.2, 0.25) is 0 Å². The molecule has 2 aliphatic carbocycles. The van der Waals surface area contributed by atoms with Gasteiger partial charge in [-0.25, -0.2) is 4.79 Å². The van der Waals surface area contributed by atoms with Crippen LogP contribution in [0.15, 0.2) is 18.2 Å². The van der Waals surface area contributed by atoms with Crippen LogP contribution in [0.4, 0.5) is 0 Å². The molecule has 9 nitrogen and oxygen atoms in total. The Kier molecular flexibility index (Phi) is 11.0. The van der Waals surface area contributed by atoms with E-state index >= 15 is 0 Å². The second-order valence-electron chi connectivity index (χ2n) is 13.1. The summed E-state index contributed by atoms with van der Waals surface area (Å²) in [6, 6.07) is 6.02. The highest BCUT2D eigenvalue weighted by Gasteiger charge is 2.47. The fraction of sp³-hybridized carbons (Fsp3) is 0.735. The zero-order chi connectivity index (χ0) is 30.3. The van der Waals surface area contributed by atoms with Crippen molar-refractivity contribution >= 4 is 17.9 Å². The van der Waals surface area contributed by atoms with E-state index < -0.39 is 5.97 Å². The molecule has 43 heavy (non-hydrogen) atoms. The van der Waals surface area contributed by atoms with Crippen LogP contribution in [0.5, 0.6) is 5.75 Å². The number of hydrogen-bond acceptors (Lipinski definition) is 9. The van der Waals surface area contributed by atoms with Crippen LogP contribution < -0.4 is 4.74 Å². The van der Waals surface area contributed by atoms with Gasteiger partial charge in [0.05, 0.1) is 0 Å². The third kappa shape index (κ3) is 8.29. The molecular weight excluding hydrogens is 550 g/mol. The number of piperidine rings is 3. The summed E-state index contributed by atoms with van der Waals surface area (Å²) in [7, 11) is 0. The lowest BCUT2D eigenvalue weighted by Gasteiger charge is -2.43. The SMILES string of the molecule is CCCCC[C@@H](CC[C@@H]1[C@H]2Cc3cccc(OCC(=O)OO[C@@H]4CN5CCC4CC5)c3C[C@H]2C[C@H]1OC(C)=O)OC(C)=O. The molecule has 0 unspecified atom stereocenters. The number of unbranched alkanes of at least 4 members (excludes halogenated alkanes) is 2. The van der Waals surface area contributed by atoms with Gasteiger partial charge in [0.1, 0.15) is 24.1 Å². The molecule has 2 bridgehead atoms. The number of esters is 2. The van der Waals surface area contributed by atoms with Gasteiger partial charge in [-0.15, -0.1) is 0 Å². The first-order valence-electron chi connectivity index (χ1n) is 16.5. The summed E-state index contributed by atoms with van der Waals surface area (Å²) in [5.74, 6) is 1.03. The Hall–Kier alpha value is -2.65. The number of ether oxygens (including phenoxy) is 3. The highest BCUT2D eigenvalue weighted by molar-refractivity contribution is 5.70. The Balaban J connectivity index is 1.19. The molecule has 1 aromatic rings. The molecule has 5 aliphatic rings. The largest absolute Gasteiger partial charge is 0.481 e. The standard InChI is InChI=1S/C34H49NO8/c1-4-5-6-9-27(40-22(2)36)11-12-28-29-17-25-8-7-10-31(30(25)18-26(29)19-32(28)41-23(3)37)39-21-34(38)43-42-33-20-35-15-13-24(33)14-16-35/h7-8,10,24,26-29,32-33H,4-6,9,11-21H2,1-3H3/t26-,27-,28+,29-,32+,33+/m0/s1. The van der Waals surface area contributed by atoms with Gasteiger partial charge < -0.3 is 19.1 Å². The van der Waals surface area contributed by atoms with E-state index in [0.29, 0.717) is 23.5 Å². The van der Waals surface area contributed by atoms with Crippen molar-refractivity contribution in [2.24, 2.45) is 23.7 Å². The number of nitrogens with zero attached hydrogens (tertiary/aromatic N) is 1. The van der Waals surface area contributed by atoms with Crippen LogP contribution in [-0.2, 0) is 46.5 Å². The molecule has 0 spiro atoms. The molecule has 3 saturated heterocycles. The van der Waals surface area contributed by atoms with Crippen molar-refractivity contribution in [3.63, 3.8) is 0 Å². The van der Waals surface area contributed by atoms with Crippen LogP contribution in [0.3, 0.4) is 0 Å².